The lowest BCUT2D eigenvalue weighted by Crippen LogP contribution is -2.23. The van der Waals surface area contributed by atoms with Gasteiger partial charge in [-0.15, -0.1) is 0 Å². The first kappa shape index (κ1) is 22.3. The van der Waals surface area contributed by atoms with Crippen molar-refractivity contribution in [2.45, 2.75) is 0 Å². The summed E-state index contributed by atoms with van der Waals surface area (Å²) in [6.07, 6.45) is 0. The molecule has 0 aliphatic carbocycles. The van der Waals surface area contributed by atoms with Crippen LogP contribution in [0.4, 0.5) is 0 Å². The van der Waals surface area contributed by atoms with Gasteiger partial charge in [-0.3, -0.25) is 0 Å². The number of benzene rings is 2. The predicted molar refractivity (Wildman–Crippen MR) is 92.7 cm³/mol. The number of fused-ring (bicyclic) bond motifs is 1. The van der Waals surface area contributed by atoms with Crippen LogP contribution in [0, 0.1) is 0 Å². The summed E-state index contributed by atoms with van der Waals surface area (Å²) < 4.78 is 0. The lowest BCUT2D eigenvalue weighted by molar-refractivity contribution is 0.0620. The summed E-state index contributed by atoms with van der Waals surface area (Å²) in [6, 6.07) is 0.265. The first-order chi connectivity index (χ1) is 14.2. The SMILES string of the molecule is O=C(O)c1cc2c(C(=O)O)c(C(=O)O)c(C(=O)O)c(C(=O)O)c2c(C(=O)O)c1C(=O)O. The molecule has 7 N–H and O–H groups in total. The number of rotatable bonds is 7. The van der Waals surface area contributed by atoms with Crippen LogP contribution in [-0.4, -0.2) is 77.5 Å². The van der Waals surface area contributed by atoms with E-state index in [0.29, 0.717) is 0 Å². The molecule has 0 atom stereocenters. The Kier molecular flexibility index (Phi) is 5.34. The van der Waals surface area contributed by atoms with Crippen molar-refractivity contribution in [1.29, 1.82) is 0 Å². The molecule has 0 aromatic heterocycles. The Morgan fingerprint density at radius 2 is 0.742 bits per heavy atom. The van der Waals surface area contributed by atoms with E-state index >= 15 is 0 Å². The second-order valence-electron chi connectivity index (χ2n) is 5.73. The van der Waals surface area contributed by atoms with E-state index in [2.05, 4.69) is 0 Å². The van der Waals surface area contributed by atoms with Crippen LogP contribution < -0.4 is 0 Å². The Morgan fingerprint density at radius 3 is 1.06 bits per heavy atom. The van der Waals surface area contributed by atoms with Crippen molar-refractivity contribution < 1.29 is 69.3 Å². The minimum Gasteiger partial charge on any atom is -0.478 e. The molecule has 0 saturated heterocycles. The largest absolute Gasteiger partial charge is 0.478 e. The van der Waals surface area contributed by atoms with E-state index in [-0.39, 0.29) is 6.07 Å². The van der Waals surface area contributed by atoms with Crippen molar-refractivity contribution in [2.75, 3.05) is 0 Å². The zero-order valence-corrected chi connectivity index (χ0v) is 14.6. The zero-order chi connectivity index (χ0) is 23.9. The number of aromatic carboxylic acids is 7. The van der Waals surface area contributed by atoms with Crippen LogP contribution in [0.3, 0.4) is 0 Å². The van der Waals surface area contributed by atoms with Gasteiger partial charge in [-0.25, -0.2) is 33.6 Å². The topological polar surface area (TPSA) is 261 Å². The number of carboxylic acid groups (broad SMARTS) is 7. The molecule has 0 heterocycles. The highest BCUT2D eigenvalue weighted by Crippen LogP contribution is 2.37. The number of carbonyl (C=O) groups is 7. The van der Waals surface area contributed by atoms with Gasteiger partial charge in [0.2, 0.25) is 0 Å². The maximum atomic E-state index is 11.8. The van der Waals surface area contributed by atoms with Crippen LogP contribution >= 0.6 is 0 Å². The number of hydrogen-bond acceptors (Lipinski definition) is 7. The minimum atomic E-state index is -2.27. The van der Waals surface area contributed by atoms with Crippen LogP contribution in [-0.2, 0) is 0 Å². The lowest BCUT2D eigenvalue weighted by Gasteiger charge is -2.18. The first-order valence-corrected chi connectivity index (χ1v) is 7.57. The standard InChI is InChI=1S/C17H8O14/c18-11(19)3-1-2-4(7(14(24)25)6(3)13(22)23)8(15(26)27)10(17(30)31)9(16(28)29)5(2)12(20)21/h1H,(H,18,19)(H,20,21)(H,22,23)(H,24,25)(H,26,27)(H,28,29)(H,30,31). The maximum Gasteiger partial charge on any atom is 0.337 e. The Hall–Kier alpha value is -5.01. The fourth-order valence-electron chi connectivity index (χ4n) is 3.12. The molecule has 160 valence electrons. The molecule has 2 aromatic rings. The summed E-state index contributed by atoms with van der Waals surface area (Å²) >= 11 is 0. The molecule has 0 bridgehead atoms. The van der Waals surface area contributed by atoms with Crippen molar-refractivity contribution in [2.24, 2.45) is 0 Å². The normalized spacial score (nSPS) is 10.5. The van der Waals surface area contributed by atoms with E-state index in [1.807, 2.05) is 0 Å². The molecular formula is C17H8O14. The Balaban J connectivity index is 3.62. The van der Waals surface area contributed by atoms with Gasteiger partial charge in [-0.1, -0.05) is 0 Å². The van der Waals surface area contributed by atoms with Gasteiger partial charge in [-0.05, 0) is 11.5 Å². The molecule has 14 nitrogen and oxygen atoms in total. The number of carboxylic acids is 7. The zero-order valence-electron chi connectivity index (χ0n) is 14.6. The Bertz CT molecular complexity index is 1250. The van der Waals surface area contributed by atoms with E-state index in [9.17, 15) is 69.3 Å². The summed E-state index contributed by atoms with van der Waals surface area (Å²) in [7, 11) is 0. The summed E-state index contributed by atoms with van der Waals surface area (Å²) in [5, 5.41) is 63.5. The quantitative estimate of drug-likeness (QED) is 0.315. The van der Waals surface area contributed by atoms with Gasteiger partial charge >= 0.3 is 41.8 Å². The van der Waals surface area contributed by atoms with Crippen molar-refractivity contribution in [3.05, 3.63) is 45.0 Å². The van der Waals surface area contributed by atoms with E-state index < -0.39 is 91.5 Å². The molecular weight excluding hydrogens is 428 g/mol. The molecule has 0 radical (unpaired) electrons. The second kappa shape index (κ2) is 7.43. The monoisotopic (exact) mass is 436 g/mol. The third-order valence-electron chi connectivity index (χ3n) is 4.11. The van der Waals surface area contributed by atoms with Gasteiger partial charge < -0.3 is 35.7 Å². The van der Waals surface area contributed by atoms with E-state index in [1.54, 1.807) is 0 Å². The number of hydrogen-bond donors (Lipinski definition) is 7. The van der Waals surface area contributed by atoms with Crippen molar-refractivity contribution in [3.8, 4) is 0 Å². The fourth-order valence-corrected chi connectivity index (χ4v) is 3.12. The average molecular weight is 436 g/mol. The molecule has 14 heteroatoms. The third kappa shape index (κ3) is 3.33. The van der Waals surface area contributed by atoms with Crippen LogP contribution in [0.5, 0.6) is 0 Å². The van der Waals surface area contributed by atoms with Gasteiger partial charge in [0.15, 0.2) is 0 Å². The molecule has 0 aliphatic heterocycles. The molecule has 0 aliphatic rings. The van der Waals surface area contributed by atoms with Crippen LogP contribution in [0.25, 0.3) is 10.8 Å². The first-order valence-electron chi connectivity index (χ1n) is 7.57. The van der Waals surface area contributed by atoms with Crippen molar-refractivity contribution in [1.82, 2.24) is 0 Å². The van der Waals surface area contributed by atoms with Crippen LogP contribution in [0.15, 0.2) is 6.07 Å². The van der Waals surface area contributed by atoms with Gasteiger partial charge in [0.05, 0.1) is 38.9 Å². The average Bonchev–Trinajstić information content (AvgIpc) is 2.62. The molecule has 2 rings (SSSR count). The summed E-state index contributed by atoms with van der Waals surface area (Å²) in [4.78, 5) is 81.8. The van der Waals surface area contributed by atoms with Crippen LogP contribution in [0.2, 0.25) is 0 Å². The summed E-state index contributed by atoms with van der Waals surface area (Å²) in [6.45, 7) is 0. The molecule has 0 spiro atoms. The molecule has 0 fully saturated rings. The minimum absolute atomic E-state index is 0.265. The van der Waals surface area contributed by atoms with Gasteiger partial charge in [0.1, 0.15) is 0 Å². The molecule has 0 unspecified atom stereocenters. The van der Waals surface area contributed by atoms with Crippen molar-refractivity contribution in [3.63, 3.8) is 0 Å². The van der Waals surface area contributed by atoms with E-state index in [0.717, 1.165) is 0 Å². The second-order valence-corrected chi connectivity index (χ2v) is 5.73. The lowest BCUT2D eigenvalue weighted by atomic mass is 9.83. The predicted octanol–water partition coefficient (Wildman–Crippen LogP) is 0.727. The molecule has 0 saturated carbocycles. The highest BCUT2D eigenvalue weighted by molar-refractivity contribution is 6.28. The fraction of sp³-hybridized carbons (Fsp3) is 0. The molecule has 0 amide bonds. The van der Waals surface area contributed by atoms with E-state index in [1.165, 1.54) is 0 Å². The Morgan fingerprint density at radius 1 is 0.419 bits per heavy atom. The highest BCUT2D eigenvalue weighted by atomic mass is 16.4. The summed E-state index contributed by atoms with van der Waals surface area (Å²) in [5.74, 6) is -15.4. The maximum absolute atomic E-state index is 11.8. The summed E-state index contributed by atoms with van der Waals surface area (Å²) in [5.41, 5.74) is -10.5. The van der Waals surface area contributed by atoms with Gasteiger partial charge in [-0.2, -0.15) is 0 Å². The molecule has 31 heavy (non-hydrogen) atoms. The van der Waals surface area contributed by atoms with E-state index in [4.69, 9.17) is 0 Å². The van der Waals surface area contributed by atoms with Gasteiger partial charge in [0, 0.05) is 5.39 Å². The third-order valence-corrected chi connectivity index (χ3v) is 4.11. The van der Waals surface area contributed by atoms with Crippen LogP contribution in [0.1, 0.15) is 72.5 Å². The smallest absolute Gasteiger partial charge is 0.337 e. The molecule has 2 aromatic carbocycles. The highest BCUT2D eigenvalue weighted by Gasteiger charge is 2.38. The van der Waals surface area contributed by atoms with Crippen molar-refractivity contribution >= 4 is 52.6 Å². The van der Waals surface area contributed by atoms with Gasteiger partial charge in [0.25, 0.3) is 0 Å². The Labute approximate surface area is 167 Å².